The summed E-state index contributed by atoms with van der Waals surface area (Å²) in [5.74, 6) is 0.557. The van der Waals surface area contributed by atoms with Crippen molar-refractivity contribution >= 4 is 0 Å². The zero-order valence-electron chi connectivity index (χ0n) is 8.51. The Labute approximate surface area is 87.9 Å². The van der Waals surface area contributed by atoms with Gasteiger partial charge in [0.1, 0.15) is 0 Å². The van der Waals surface area contributed by atoms with Crippen LogP contribution in [0.2, 0.25) is 0 Å². The van der Waals surface area contributed by atoms with Crippen molar-refractivity contribution in [3.8, 4) is 17.5 Å². The molecule has 0 aliphatic heterocycles. The quantitative estimate of drug-likeness (QED) is 0.767. The summed E-state index contributed by atoms with van der Waals surface area (Å²) in [6, 6.07) is 9.65. The highest BCUT2D eigenvalue weighted by atomic mass is 16.6. The number of ether oxygens (including phenoxy) is 1. The van der Waals surface area contributed by atoms with Crippen molar-refractivity contribution in [3.63, 3.8) is 0 Å². The number of hydrogen-bond donors (Lipinski definition) is 0. The number of hydrogen-bond acceptors (Lipinski definition) is 4. The second-order valence-electron chi connectivity index (χ2n) is 3.10. The van der Waals surface area contributed by atoms with Gasteiger partial charge in [-0.15, -0.1) is 0 Å². The molecule has 0 aliphatic rings. The maximum absolute atomic E-state index is 5.22. The van der Waals surface area contributed by atoms with E-state index >= 15 is 0 Å². The molecule has 0 saturated heterocycles. The highest BCUT2D eigenvalue weighted by Crippen LogP contribution is 2.17. The van der Waals surface area contributed by atoms with E-state index in [1.165, 1.54) is 0 Å². The topological polar surface area (TPSA) is 48.2 Å². The molecule has 1 aromatic heterocycles. The number of nitrogens with zero attached hydrogens (tertiary/aromatic N) is 2. The average molecular weight is 204 g/mol. The third-order valence-electron chi connectivity index (χ3n) is 1.87. The van der Waals surface area contributed by atoms with Gasteiger partial charge < -0.3 is 4.74 Å². The Morgan fingerprint density at radius 2 is 2.07 bits per heavy atom. The Kier molecular flexibility index (Phi) is 2.97. The van der Waals surface area contributed by atoms with Gasteiger partial charge in [-0.3, -0.25) is 4.52 Å². The van der Waals surface area contributed by atoms with Crippen molar-refractivity contribution in [2.45, 2.75) is 13.3 Å². The molecule has 78 valence electrons. The monoisotopic (exact) mass is 204 g/mol. The Morgan fingerprint density at radius 3 is 2.80 bits per heavy atom. The summed E-state index contributed by atoms with van der Waals surface area (Å²) in [4.78, 5) is 4.12. The van der Waals surface area contributed by atoms with Gasteiger partial charge in [0.25, 0.3) is 0 Å². The van der Waals surface area contributed by atoms with Crippen molar-refractivity contribution in [1.82, 2.24) is 10.1 Å². The number of aromatic nitrogens is 2. The Balaban J connectivity index is 2.14. The molecule has 4 heteroatoms. The smallest absolute Gasteiger partial charge is 0.417 e. The second kappa shape index (κ2) is 4.59. The zero-order valence-corrected chi connectivity index (χ0v) is 8.51. The lowest BCUT2D eigenvalue weighted by molar-refractivity contribution is 0.205. The van der Waals surface area contributed by atoms with Crippen LogP contribution in [0.4, 0.5) is 0 Å². The maximum atomic E-state index is 5.22. The van der Waals surface area contributed by atoms with Gasteiger partial charge in [0.2, 0.25) is 5.82 Å². The third kappa shape index (κ3) is 2.34. The summed E-state index contributed by atoms with van der Waals surface area (Å²) in [6.45, 7) is 2.62. The van der Waals surface area contributed by atoms with E-state index in [4.69, 9.17) is 9.26 Å². The first-order valence-corrected chi connectivity index (χ1v) is 4.92. The standard InChI is InChI=1S/C11H12N2O2/c1-2-8-14-11-12-10(13-15-11)9-6-4-3-5-7-9/h3-7H,2,8H2,1H3. The largest absolute Gasteiger partial charge is 0.449 e. The first-order chi connectivity index (χ1) is 7.40. The molecule has 2 rings (SSSR count). The molecule has 1 heterocycles. The van der Waals surface area contributed by atoms with Crippen LogP contribution in [0.25, 0.3) is 11.4 Å². The fourth-order valence-electron chi connectivity index (χ4n) is 1.16. The third-order valence-corrected chi connectivity index (χ3v) is 1.87. The Bertz CT molecular complexity index is 412. The van der Waals surface area contributed by atoms with Gasteiger partial charge in [-0.05, 0) is 6.42 Å². The minimum Gasteiger partial charge on any atom is -0.449 e. The fraction of sp³-hybridized carbons (Fsp3) is 0.273. The van der Waals surface area contributed by atoms with Gasteiger partial charge >= 0.3 is 6.08 Å². The van der Waals surface area contributed by atoms with Gasteiger partial charge in [-0.1, -0.05) is 42.4 Å². The summed E-state index contributed by atoms with van der Waals surface area (Å²) in [6.07, 6.45) is 1.15. The van der Waals surface area contributed by atoms with Crippen LogP contribution in [0.5, 0.6) is 6.08 Å². The lowest BCUT2D eigenvalue weighted by Gasteiger charge is -1.94. The molecular weight excluding hydrogens is 192 g/mol. The number of benzene rings is 1. The minimum absolute atomic E-state index is 0.232. The van der Waals surface area contributed by atoms with Gasteiger partial charge in [0, 0.05) is 5.56 Å². The van der Waals surface area contributed by atoms with Crippen molar-refractivity contribution in [2.75, 3.05) is 6.61 Å². The molecule has 0 atom stereocenters. The molecule has 1 aromatic carbocycles. The van der Waals surface area contributed by atoms with Crippen LogP contribution in [-0.2, 0) is 0 Å². The molecule has 0 radical (unpaired) electrons. The highest BCUT2D eigenvalue weighted by molar-refractivity contribution is 5.53. The van der Waals surface area contributed by atoms with E-state index in [0.29, 0.717) is 12.4 Å². The molecule has 0 N–H and O–H groups in total. The van der Waals surface area contributed by atoms with E-state index in [1.54, 1.807) is 0 Å². The van der Waals surface area contributed by atoms with Gasteiger partial charge in [-0.25, -0.2) is 0 Å². The van der Waals surface area contributed by atoms with Crippen LogP contribution in [-0.4, -0.2) is 16.7 Å². The van der Waals surface area contributed by atoms with Gasteiger partial charge in [0.05, 0.1) is 6.61 Å². The van der Waals surface area contributed by atoms with Crippen molar-refractivity contribution in [3.05, 3.63) is 30.3 Å². The van der Waals surface area contributed by atoms with E-state index < -0.39 is 0 Å². The van der Waals surface area contributed by atoms with Gasteiger partial charge in [-0.2, -0.15) is 4.98 Å². The summed E-state index contributed by atoms with van der Waals surface area (Å²) in [7, 11) is 0. The predicted octanol–water partition coefficient (Wildman–Crippen LogP) is 2.53. The molecule has 0 amide bonds. The van der Waals surface area contributed by atoms with E-state index in [-0.39, 0.29) is 6.08 Å². The second-order valence-corrected chi connectivity index (χ2v) is 3.10. The molecule has 0 bridgehead atoms. The number of rotatable bonds is 4. The molecule has 0 spiro atoms. The van der Waals surface area contributed by atoms with Crippen LogP contribution in [0, 0.1) is 0 Å². The van der Waals surface area contributed by atoms with E-state index in [9.17, 15) is 0 Å². The SMILES string of the molecule is CCCOc1nc(-c2ccccc2)no1. The van der Waals surface area contributed by atoms with Gasteiger partial charge in [0.15, 0.2) is 0 Å². The summed E-state index contributed by atoms with van der Waals surface area (Å²) >= 11 is 0. The van der Waals surface area contributed by atoms with Crippen LogP contribution < -0.4 is 4.74 Å². The molecule has 0 saturated carbocycles. The predicted molar refractivity (Wildman–Crippen MR) is 55.5 cm³/mol. The highest BCUT2D eigenvalue weighted by Gasteiger charge is 2.07. The molecule has 0 unspecified atom stereocenters. The molecule has 15 heavy (non-hydrogen) atoms. The van der Waals surface area contributed by atoms with Crippen LogP contribution in [0.15, 0.2) is 34.9 Å². The summed E-state index contributed by atoms with van der Waals surface area (Å²) < 4.78 is 10.2. The first kappa shape index (κ1) is 9.71. The first-order valence-electron chi connectivity index (χ1n) is 4.92. The van der Waals surface area contributed by atoms with Crippen LogP contribution in [0.3, 0.4) is 0 Å². The molecule has 0 fully saturated rings. The lowest BCUT2D eigenvalue weighted by Crippen LogP contribution is -1.94. The van der Waals surface area contributed by atoms with E-state index in [1.807, 2.05) is 37.3 Å². The normalized spacial score (nSPS) is 10.2. The zero-order chi connectivity index (χ0) is 10.5. The van der Waals surface area contributed by atoms with Crippen molar-refractivity contribution in [2.24, 2.45) is 0 Å². The Morgan fingerprint density at radius 1 is 1.27 bits per heavy atom. The van der Waals surface area contributed by atoms with E-state index in [0.717, 1.165) is 12.0 Å². The van der Waals surface area contributed by atoms with E-state index in [2.05, 4.69) is 10.1 Å². The minimum atomic E-state index is 0.232. The Hall–Kier alpha value is -1.84. The van der Waals surface area contributed by atoms with Crippen LogP contribution >= 0.6 is 0 Å². The summed E-state index contributed by atoms with van der Waals surface area (Å²) in [5.41, 5.74) is 0.924. The van der Waals surface area contributed by atoms with Crippen LogP contribution in [0.1, 0.15) is 13.3 Å². The molecular formula is C11H12N2O2. The molecule has 0 aliphatic carbocycles. The van der Waals surface area contributed by atoms with Crippen molar-refractivity contribution in [1.29, 1.82) is 0 Å². The molecule has 2 aromatic rings. The maximum Gasteiger partial charge on any atom is 0.417 e. The molecule has 4 nitrogen and oxygen atoms in total. The summed E-state index contributed by atoms with van der Waals surface area (Å²) in [5, 5.41) is 3.83. The fourth-order valence-corrected chi connectivity index (χ4v) is 1.16. The average Bonchev–Trinajstić information content (AvgIpc) is 2.76. The van der Waals surface area contributed by atoms with Crippen molar-refractivity contribution < 1.29 is 9.26 Å². The lowest BCUT2D eigenvalue weighted by atomic mass is 10.2.